The second kappa shape index (κ2) is 10.5. The highest BCUT2D eigenvalue weighted by Gasteiger charge is 2.38. The van der Waals surface area contributed by atoms with Gasteiger partial charge in [-0.15, -0.1) is 0 Å². The van der Waals surface area contributed by atoms with Gasteiger partial charge in [-0.25, -0.2) is 4.79 Å². The quantitative estimate of drug-likeness (QED) is 0.549. The van der Waals surface area contributed by atoms with Crippen molar-refractivity contribution in [2.75, 3.05) is 13.2 Å². The van der Waals surface area contributed by atoms with E-state index in [1.807, 2.05) is 30.3 Å². The summed E-state index contributed by atoms with van der Waals surface area (Å²) in [4.78, 5) is 12.3. The summed E-state index contributed by atoms with van der Waals surface area (Å²) in [7, 11) is -3.67. The van der Waals surface area contributed by atoms with Crippen molar-refractivity contribution < 1.29 is 23.1 Å². The number of carbonyl (C=O) groups is 1. The Labute approximate surface area is 164 Å². The lowest BCUT2D eigenvalue weighted by Crippen LogP contribution is -2.30. The molecule has 0 aliphatic heterocycles. The van der Waals surface area contributed by atoms with E-state index in [0.29, 0.717) is 10.6 Å². The van der Waals surface area contributed by atoms with E-state index in [1.165, 1.54) is 0 Å². The predicted molar refractivity (Wildman–Crippen MR) is 105 cm³/mol. The zero-order valence-electron chi connectivity index (χ0n) is 15.3. The van der Waals surface area contributed by atoms with Crippen molar-refractivity contribution >= 4 is 25.3 Å². The van der Waals surface area contributed by atoms with E-state index in [2.05, 4.69) is 5.32 Å². The standard InChI is InChI=1S/C19H23ClNO5P/c1-3-25-27(23,26-4-2)18(16-10-12-17(20)13-11-16)21-19(22)24-14-15-8-6-5-7-9-15/h5-13,18H,3-4,14H2,1-2H3,(H,21,22)/t18-/m1/s1. The predicted octanol–water partition coefficient (Wildman–Crippen LogP) is 5.53. The van der Waals surface area contributed by atoms with Crippen LogP contribution in [0.4, 0.5) is 4.79 Å². The van der Waals surface area contributed by atoms with Crippen molar-refractivity contribution in [1.82, 2.24) is 5.32 Å². The van der Waals surface area contributed by atoms with Crippen molar-refractivity contribution in [3.05, 3.63) is 70.7 Å². The molecule has 2 aromatic rings. The van der Waals surface area contributed by atoms with Crippen LogP contribution in [0.5, 0.6) is 0 Å². The van der Waals surface area contributed by atoms with Gasteiger partial charge >= 0.3 is 13.7 Å². The molecule has 27 heavy (non-hydrogen) atoms. The molecule has 0 heterocycles. The van der Waals surface area contributed by atoms with Crippen molar-refractivity contribution in [2.45, 2.75) is 26.2 Å². The summed E-state index contributed by atoms with van der Waals surface area (Å²) in [5, 5.41) is 3.14. The number of hydrogen-bond acceptors (Lipinski definition) is 5. The third-order valence-corrected chi connectivity index (χ3v) is 6.14. The van der Waals surface area contributed by atoms with E-state index < -0.39 is 19.5 Å². The molecule has 0 saturated heterocycles. The first kappa shape index (κ1) is 21.5. The molecule has 0 aliphatic rings. The molecular formula is C19H23ClNO5P. The summed E-state index contributed by atoms with van der Waals surface area (Å²) in [6.45, 7) is 3.84. The van der Waals surface area contributed by atoms with Gasteiger partial charge in [0.2, 0.25) is 0 Å². The number of ether oxygens (including phenoxy) is 1. The SMILES string of the molecule is CCOP(=O)(OCC)[C@@H](NC(=O)OCc1ccccc1)c1ccc(Cl)cc1. The van der Waals surface area contributed by atoms with Crippen molar-refractivity contribution in [3.63, 3.8) is 0 Å². The van der Waals surface area contributed by atoms with Crippen LogP contribution in [0.15, 0.2) is 54.6 Å². The van der Waals surface area contributed by atoms with E-state index in [0.717, 1.165) is 5.56 Å². The molecule has 1 amide bonds. The number of rotatable bonds is 9. The van der Waals surface area contributed by atoms with Crippen LogP contribution in [0.2, 0.25) is 5.02 Å². The first-order valence-corrected chi connectivity index (χ1v) is 10.6. The highest BCUT2D eigenvalue weighted by Crippen LogP contribution is 2.59. The normalized spacial score (nSPS) is 12.4. The van der Waals surface area contributed by atoms with Gasteiger partial charge in [0, 0.05) is 5.02 Å². The summed E-state index contributed by atoms with van der Waals surface area (Å²) in [6, 6.07) is 15.9. The Balaban J connectivity index is 2.19. The van der Waals surface area contributed by atoms with E-state index >= 15 is 0 Å². The van der Waals surface area contributed by atoms with Crippen LogP contribution in [-0.4, -0.2) is 19.3 Å². The van der Waals surface area contributed by atoms with Gasteiger partial charge in [-0.3, -0.25) is 4.57 Å². The number of amides is 1. The second-order valence-electron chi connectivity index (χ2n) is 5.54. The Morgan fingerprint density at radius 3 is 2.19 bits per heavy atom. The third kappa shape index (κ3) is 6.36. The molecule has 146 valence electrons. The molecule has 0 unspecified atom stereocenters. The monoisotopic (exact) mass is 411 g/mol. The Bertz CT molecular complexity index is 759. The maximum Gasteiger partial charge on any atom is 0.408 e. The molecule has 0 aromatic heterocycles. The van der Waals surface area contributed by atoms with Crippen LogP contribution >= 0.6 is 19.2 Å². The fraction of sp³-hybridized carbons (Fsp3) is 0.316. The Morgan fingerprint density at radius 2 is 1.63 bits per heavy atom. The molecule has 0 fully saturated rings. The first-order chi connectivity index (χ1) is 13.0. The van der Waals surface area contributed by atoms with Crippen molar-refractivity contribution in [2.24, 2.45) is 0 Å². The summed E-state index contributed by atoms with van der Waals surface area (Å²) in [5.41, 5.74) is 1.38. The molecule has 0 bridgehead atoms. The maximum atomic E-state index is 13.3. The molecule has 2 aromatic carbocycles. The van der Waals surface area contributed by atoms with Gasteiger partial charge in [0.05, 0.1) is 13.2 Å². The van der Waals surface area contributed by atoms with E-state index in [4.69, 9.17) is 25.4 Å². The smallest absolute Gasteiger partial charge is 0.408 e. The molecule has 1 N–H and O–H groups in total. The van der Waals surface area contributed by atoms with Crippen LogP contribution in [-0.2, 0) is 25.0 Å². The van der Waals surface area contributed by atoms with Gasteiger partial charge in [0.15, 0.2) is 5.78 Å². The van der Waals surface area contributed by atoms with Crippen LogP contribution in [0.25, 0.3) is 0 Å². The van der Waals surface area contributed by atoms with Gasteiger partial charge in [-0.05, 0) is 37.1 Å². The van der Waals surface area contributed by atoms with Crippen LogP contribution in [0, 0.1) is 0 Å². The lowest BCUT2D eigenvalue weighted by atomic mass is 10.2. The average Bonchev–Trinajstić information content (AvgIpc) is 2.66. The maximum absolute atomic E-state index is 13.3. The van der Waals surface area contributed by atoms with E-state index in [1.54, 1.807) is 38.1 Å². The van der Waals surface area contributed by atoms with Crippen LogP contribution < -0.4 is 5.32 Å². The number of benzene rings is 2. The Hall–Kier alpha value is -1.85. The number of alkyl carbamates (subject to hydrolysis) is 1. The topological polar surface area (TPSA) is 73.9 Å². The van der Waals surface area contributed by atoms with Crippen LogP contribution in [0.1, 0.15) is 30.8 Å². The Kier molecular flexibility index (Phi) is 8.32. The zero-order valence-corrected chi connectivity index (χ0v) is 16.9. The minimum Gasteiger partial charge on any atom is -0.445 e. The van der Waals surface area contributed by atoms with Gasteiger partial charge in [-0.2, -0.15) is 0 Å². The Morgan fingerprint density at radius 1 is 1.04 bits per heavy atom. The number of hydrogen-bond donors (Lipinski definition) is 1. The molecule has 8 heteroatoms. The average molecular weight is 412 g/mol. The fourth-order valence-corrected chi connectivity index (χ4v) is 4.43. The molecule has 0 spiro atoms. The van der Waals surface area contributed by atoms with Gasteiger partial charge in [0.1, 0.15) is 6.61 Å². The first-order valence-electron chi connectivity index (χ1n) is 8.60. The molecular weight excluding hydrogens is 389 g/mol. The van der Waals surface area contributed by atoms with Crippen molar-refractivity contribution in [3.8, 4) is 0 Å². The largest absolute Gasteiger partial charge is 0.445 e. The lowest BCUT2D eigenvalue weighted by molar-refractivity contribution is 0.134. The number of carbonyl (C=O) groups excluding carboxylic acids is 1. The summed E-state index contributed by atoms with van der Waals surface area (Å²) >= 11 is 5.93. The fourth-order valence-electron chi connectivity index (χ4n) is 2.41. The lowest BCUT2D eigenvalue weighted by Gasteiger charge is -2.27. The molecule has 2 rings (SSSR count). The van der Waals surface area contributed by atoms with Crippen molar-refractivity contribution in [1.29, 1.82) is 0 Å². The highest BCUT2D eigenvalue weighted by molar-refractivity contribution is 7.54. The number of nitrogens with one attached hydrogen (secondary N) is 1. The number of halogens is 1. The van der Waals surface area contributed by atoms with Gasteiger partial charge in [0.25, 0.3) is 0 Å². The molecule has 0 radical (unpaired) electrons. The molecule has 0 aliphatic carbocycles. The zero-order chi connectivity index (χ0) is 19.7. The minimum atomic E-state index is -3.67. The van der Waals surface area contributed by atoms with E-state index in [-0.39, 0.29) is 19.8 Å². The van der Waals surface area contributed by atoms with Gasteiger partial charge in [-0.1, -0.05) is 54.1 Å². The summed E-state index contributed by atoms with van der Waals surface area (Å²) in [5.74, 6) is -1.02. The highest BCUT2D eigenvalue weighted by atomic mass is 35.5. The second-order valence-corrected chi connectivity index (χ2v) is 8.08. The summed E-state index contributed by atoms with van der Waals surface area (Å²) < 4.78 is 29.3. The van der Waals surface area contributed by atoms with Crippen LogP contribution in [0.3, 0.4) is 0 Å². The summed E-state index contributed by atoms with van der Waals surface area (Å²) in [6.07, 6.45) is -0.724. The minimum absolute atomic E-state index is 0.0909. The molecule has 0 saturated carbocycles. The molecule has 6 nitrogen and oxygen atoms in total. The van der Waals surface area contributed by atoms with Gasteiger partial charge < -0.3 is 19.1 Å². The molecule has 1 atom stereocenters. The third-order valence-electron chi connectivity index (χ3n) is 3.59. The van der Waals surface area contributed by atoms with E-state index in [9.17, 15) is 9.36 Å².